The summed E-state index contributed by atoms with van der Waals surface area (Å²) in [6.45, 7) is 0. The van der Waals surface area contributed by atoms with Crippen molar-refractivity contribution >= 4 is 23.1 Å². The lowest BCUT2D eigenvalue weighted by Crippen LogP contribution is -2.54. The molecule has 0 aromatic heterocycles. The number of halogens is 1. The minimum Gasteiger partial charge on any atom is -0.360 e. The summed E-state index contributed by atoms with van der Waals surface area (Å²) < 4.78 is 0. The number of piperidine rings is 2. The SMILES string of the molecule is O=C1C[C@@H]2CC[C@H]1[C@@H](c1ccccc1)N2c1ccc(Cl)cc1. The maximum atomic E-state index is 12.4. The molecular weight excluding hydrogens is 294 g/mol. The van der Waals surface area contributed by atoms with Gasteiger partial charge in [0.2, 0.25) is 0 Å². The first-order valence-electron chi connectivity index (χ1n) is 7.85. The molecule has 1 aliphatic carbocycles. The topological polar surface area (TPSA) is 20.3 Å². The summed E-state index contributed by atoms with van der Waals surface area (Å²) >= 11 is 6.03. The molecule has 3 atom stereocenters. The van der Waals surface area contributed by atoms with E-state index >= 15 is 0 Å². The van der Waals surface area contributed by atoms with Gasteiger partial charge in [-0.2, -0.15) is 0 Å². The van der Waals surface area contributed by atoms with Crippen molar-refractivity contribution in [2.24, 2.45) is 5.92 Å². The maximum Gasteiger partial charge on any atom is 0.140 e. The van der Waals surface area contributed by atoms with E-state index in [4.69, 9.17) is 11.6 Å². The molecule has 2 aliphatic heterocycles. The first-order chi connectivity index (χ1) is 10.7. The van der Waals surface area contributed by atoms with E-state index in [1.807, 2.05) is 18.2 Å². The Morgan fingerprint density at radius 2 is 1.68 bits per heavy atom. The second kappa shape index (κ2) is 5.44. The van der Waals surface area contributed by atoms with Crippen molar-refractivity contribution in [2.75, 3.05) is 4.90 Å². The predicted octanol–water partition coefficient (Wildman–Crippen LogP) is 4.64. The molecule has 2 aromatic rings. The van der Waals surface area contributed by atoms with Crippen molar-refractivity contribution in [1.82, 2.24) is 0 Å². The number of fused-ring (bicyclic) bond motifs is 3. The van der Waals surface area contributed by atoms with Crippen LogP contribution in [0.4, 0.5) is 5.69 Å². The van der Waals surface area contributed by atoms with Gasteiger partial charge in [-0.1, -0.05) is 41.9 Å². The largest absolute Gasteiger partial charge is 0.360 e. The number of ketones is 1. The van der Waals surface area contributed by atoms with E-state index in [1.165, 1.54) is 11.3 Å². The van der Waals surface area contributed by atoms with Crippen LogP contribution in [-0.2, 0) is 4.79 Å². The van der Waals surface area contributed by atoms with Gasteiger partial charge < -0.3 is 4.90 Å². The average molecular weight is 312 g/mol. The quantitative estimate of drug-likeness (QED) is 0.805. The molecule has 3 fully saturated rings. The first-order valence-corrected chi connectivity index (χ1v) is 8.23. The molecule has 2 nitrogen and oxygen atoms in total. The van der Waals surface area contributed by atoms with E-state index in [9.17, 15) is 4.79 Å². The fraction of sp³-hybridized carbons (Fsp3) is 0.316. The lowest BCUT2D eigenvalue weighted by Gasteiger charge is -2.52. The van der Waals surface area contributed by atoms with Crippen molar-refractivity contribution in [3.05, 3.63) is 65.2 Å². The van der Waals surface area contributed by atoms with E-state index < -0.39 is 0 Å². The van der Waals surface area contributed by atoms with Crippen molar-refractivity contribution in [2.45, 2.75) is 31.3 Å². The van der Waals surface area contributed by atoms with Crippen LogP contribution in [0.3, 0.4) is 0 Å². The third kappa shape index (κ3) is 2.22. The van der Waals surface area contributed by atoms with Gasteiger partial charge in [-0.15, -0.1) is 0 Å². The molecule has 0 unspecified atom stereocenters. The molecule has 2 heterocycles. The smallest absolute Gasteiger partial charge is 0.140 e. The third-order valence-electron chi connectivity index (χ3n) is 5.00. The van der Waals surface area contributed by atoms with Gasteiger partial charge in [0, 0.05) is 29.1 Å². The Hall–Kier alpha value is -1.80. The molecule has 0 spiro atoms. The van der Waals surface area contributed by atoms with E-state index in [0.717, 1.165) is 17.9 Å². The molecule has 2 aromatic carbocycles. The highest BCUT2D eigenvalue weighted by Crippen LogP contribution is 2.47. The average Bonchev–Trinajstić information content (AvgIpc) is 2.56. The number of hydrogen-bond acceptors (Lipinski definition) is 2. The van der Waals surface area contributed by atoms with E-state index in [-0.39, 0.29) is 12.0 Å². The fourth-order valence-electron chi connectivity index (χ4n) is 4.04. The highest BCUT2D eigenvalue weighted by Gasteiger charge is 2.47. The monoisotopic (exact) mass is 311 g/mol. The van der Waals surface area contributed by atoms with E-state index in [1.54, 1.807) is 0 Å². The Morgan fingerprint density at radius 3 is 2.36 bits per heavy atom. The Bertz CT molecular complexity index is 682. The van der Waals surface area contributed by atoms with Crippen LogP contribution in [0.1, 0.15) is 30.9 Å². The molecule has 0 radical (unpaired) electrons. The summed E-state index contributed by atoms with van der Waals surface area (Å²) in [5, 5.41) is 0.748. The van der Waals surface area contributed by atoms with Gasteiger partial charge in [0.05, 0.1) is 6.04 Å². The maximum absolute atomic E-state index is 12.4. The van der Waals surface area contributed by atoms with Gasteiger partial charge in [-0.05, 0) is 42.7 Å². The van der Waals surface area contributed by atoms with Crippen LogP contribution in [0, 0.1) is 5.92 Å². The van der Waals surface area contributed by atoms with Crippen LogP contribution >= 0.6 is 11.6 Å². The molecule has 0 N–H and O–H groups in total. The van der Waals surface area contributed by atoms with Crippen LogP contribution in [0.15, 0.2) is 54.6 Å². The van der Waals surface area contributed by atoms with Crippen LogP contribution in [-0.4, -0.2) is 11.8 Å². The van der Waals surface area contributed by atoms with Gasteiger partial charge >= 0.3 is 0 Å². The standard InChI is InChI=1S/C19H18ClNO/c20-14-6-8-15(9-7-14)21-16-10-11-17(18(22)12-16)19(21)13-4-2-1-3-5-13/h1-9,16-17,19H,10-12H2/t16-,17+,19+/m0/s1. The van der Waals surface area contributed by atoms with Crippen molar-refractivity contribution in [3.8, 4) is 0 Å². The van der Waals surface area contributed by atoms with E-state index in [2.05, 4.69) is 41.3 Å². The third-order valence-corrected chi connectivity index (χ3v) is 5.25. The Morgan fingerprint density at radius 1 is 0.955 bits per heavy atom. The van der Waals surface area contributed by atoms with Crippen LogP contribution in [0.5, 0.6) is 0 Å². The van der Waals surface area contributed by atoms with Gasteiger partial charge in [0.1, 0.15) is 5.78 Å². The first kappa shape index (κ1) is 13.8. The molecule has 2 saturated heterocycles. The van der Waals surface area contributed by atoms with Gasteiger partial charge in [-0.3, -0.25) is 4.79 Å². The fourth-order valence-corrected chi connectivity index (χ4v) is 4.16. The summed E-state index contributed by atoms with van der Waals surface area (Å²) in [6, 6.07) is 18.9. The highest BCUT2D eigenvalue weighted by atomic mass is 35.5. The van der Waals surface area contributed by atoms with Gasteiger partial charge in [-0.25, -0.2) is 0 Å². The lowest BCUT2D eigenvalue weighted by molar-refractivity contribution is -0.128. The van der Waals surface area contributed by atoms with Crippen LogP contribution < -0.4 is 4.90 Å². The number of hydrogen-bond donors (Lipinski definition) is 0. The molecule has 112 valence electrons. The minimum atomic E-state index is 0.114. The summed E-state index contributed by atoms with van der Waals surface area (Å²) in [4.78, 5) is 14.9. The normalized spacial score (nSPS) is 27.2. The molecule has 22 heavy (non-hydrogen) atoms. The molecule has 0 amide bonds. The molecule has 1 saturated carbocycles. The Labute approximate surface area is 135 Å². The molecule has 3 aliphatic rings. The number of Topliss-reactive ketones (excluding diaryl/α,β-unsaturated/α-hetero) is 1. The second-order valence-electron chi connectivity index (χ2n) is 6.25. The van der Waals surface area contributed by atoms with Crippen molar-refractivity contribution < 1.29 is 4.79 Å². The summed E-state index contributed by atoms with van der Waals surface area (Å²) in [5.74, 6) is 0.540. The summed E-state index contributed by atoms with van der Waals surface area (Å²) in [7, 11) is 0. The second-order valence-corrected chi connectivity index (χ2v) is 6.68. The molecule has 2 bridgehead atoms. The van der Waals surface area contributed by atoms with Crippen molar-refractivity contribution in [1.29, 1.82) is 0 Å². The van der Waals surface area contributed by atoms with Crippen LogP contribution in [0.25, 0.3) is 0 Å². The number of anilines is 1. The highest BCUT2D eigenvalue weighted by molar-refractivity contribution is 6.30. The molecular formula is C19H18ClNO. The molecule has 3 heteroatoms. The zero-order valence-electron chi connectivity index (χ0n) is 12.3. The number of carbonyl (C=O) groups excluding carboxylic acids is 1. The minimum absolute atomic E-state index is 0.114. The predicted molar refractivity (Wildman–Crippen MR) is 89.3 cm³/mol. The lowest BCUT2D eigenvalue weighted by atomic mass is 9.71. The van der Waals surface area contributed by atoms with E-state index in [0.29, 0.717) is 18.2 Å². The Balaban J connectivity index is 1.80. The molecule has 5 rings (SSSR count). The van der Waals surface area contributed by atoms with Gasteiger partial charge in [0.25, 0.3) is 0 Å². The van der Waals surface area contributed by atoms with Gasteiger partial charge in [0.15, 0.2) is 0 Å². The summed E-state index contributed by atoms with van der Waals surface area (Å²) in [5.41, 5.74) is 2.40. The van der Waals surface area contributed by atoms with Crippen LogP contribution in [0.2, 0.25) is 5.02 Å². The number of rotatable bonds is 2. The number of benzene rings is 2. The zero-order chi connectivity index (χ0) is 15.1. The number of carbonyl (C=O) groups is 1. The zero-order valence-corrected chi connectivity index (χ0v) is 13.0. The number of nitrogens with zero attached hydrogens (tertiary/aromatic N) is 1. The van der Waals surface area contributed by atoms with Crippen molar-refractivity contribution in [3.63, 3.8) is 0 Å². The Kier molecular flexibility index (Phi) is 3.42. The summed E-state index contributed by atoms with van der Waals surface area (Å²) in [6.07, 6.45) is 2.78.